The van der Waals surface area contributed by atoms with E-state index >= 15 is 0 Å². The molecule has 0 aromatic carbocycles. The van der Waals surface area contributed by atoms with Crippen molar-refractivity contribution in [2.75, 3.05) is 0 Å². The smallest absolute Gasteiger partial charge is 0.399 e. The summed E-state index contributed by atoms with van der Waals surface area (Å²) >= 11 is 9.56. The van der Waals surface area contributed by atoms with Gasteiger partial charge in [-0.3, -0.25) is 14.0 Å². The van der Waals surface area contributed by atoms with Crippen LogP contribution >= 0.6 is 27.5 Å². The Balaban J connectivity index is 1.58. The molecule has 0 spiro atoms. The van der Waals surface area contributed by atoms with E-state index in [0.29, 0.717) is 28.0 Å². The second-order valence-corrected chi connectivity index (χ2v) is 8.95. The van der Waals surface area contributed by atoms with Gasteiger partial charge in [0, 0.05) is 37.6 Å². The van der Waals surface area contributed by atoms with E-state index < -0.39 is 18.3 Å². The first kappa shape index (κ1) is 19.7. The van der Waals surface area contributed by atoms with Gasteiger partial charge in [0.1, 0.15) is 11.8 Å². The van der Waals surface area contributed by atoms with Crippen molar-refractivity contribution < 1.29 is 9.31 Å². The predicted molar refractivity (Wildman–Crippen MR) is 110 cm³/mol. The van der Waals surface area contributed by atoms with Crippen LogP contribution in [-0.2, 0) is 22.9 Å². The standard InChI is InChI=1S/C17H20BBrClN5O3/c1-16(2)17(3,28-18(27-16)11-7-21-23(4)8-11)5-6-24-10-22-25-9-12(19)13(20)14(25)15(24)26/h7-10H,5-6H2,1-4H3. The van der Waals surface area contributed by atoms with Crippen LogP contribution in [0.2, 0.25) is 5.02 Å². The number of nitrogens with zero attached hydrogens (tertiary/aromatic N) is 5. The molecule has 1 aliphatic heterocycles. The highest BCUT2D eigenvalue weighted by Crippen LogP contribution is 2.39. The third kappa shape index (κ3) is 3.12. The lowest BCUT2D eigenvalue weighted by atomic mass is 9.82. The van der Waals surface area contributed by atoms with Gasteiger partial charge in [-0.2, -0.15) is 10.2 Å². The molecule has 0 radical (unpaired) electrons. The fourth-order valence-corrected chi connectivity index (χ4v) is 3.98. The number of fused-ring (bicyclic) bond motifs is 1. The van der Waals surface area contributed by atoms with Gasteiger partial charge in [-0.1, -0.05) is 11.6 Å². The Kier molecular flexibility index (Phi) is 4.73. The van der Waals surface area contributed by atoms with Gasteiger partial charge in [-0.05, 0) is 43.1 Å². The largest absolute Gasteiger partial charge is 0.498 e. The lowest BCUT2D eigenvalue weighted by Crippen LogP contribution is -2.46. The molecule has 0 bridgehead atoms. The molecule has 3 aromatic rings. The van der Waals surface area contributed by atoms with Crippen molar-refractivity contribution in [3.05, 3.63) is 44.8 Å². The van der Waals surface area contributed by atoms with Gasteiger partial charge in [-0.15, -0.1) is 0 Å². The highest BCUT2D eigenvalue weighted by Gasteiger charge is 2.54. The molecule has 0 saturated carbocycles. The Hall–Kier alpha value is -1.62. The van der Waals surface area contributed by atoms with Crippen molar-refractivity contribution >= 4 is 45.6 Å². The molecule has 0 N–H and O–H groups in total. The zero-order chi connectivity index (χ0) is 20.3. The average molecular weight is 469 g/mol. The number of hydrogen-bond donors (Lipinski definition) is 0. The molecule has 0 aliphatic carbocycles. The molecule has 1 fully saturated rings. The second kappa shape index (κ2) is 6.72. The minimum atomic E-state index is -0.606. The Morgan fingerprint density at radius 1 is 1.25 bits per heavy atom. The number of rotatable bonds is 4. The van der Waals surface area contributed by atoms with Crippen molar-refractivity contribution in [1.29, 1.82) is 0 Å². The SMILES string of the molecule is Cn1cc(B2OC(C)(C)C(C)(CCn3cnn4cc(Br)c(Cl)c4c3=O)O2)cn1. The van der Waals surface area contributed by atoms with Crippen LogP contribution in [0, 0.1) is 0 Å². The Morgan fingerprint density at radius 2 is 2.00 bits per heavy atom. The molecular weight excluding hydrogens is 448 g/mol. The number of halogens is 2. The lowest BCUT2D eigenvalue weighted by Gasteiger charge is -2.36. The van der Waals surface area contributed by atoms with Crippen LogP contribution in [0.5, 0.6) is 0 Å². The molecule has 148 valence electrons. The lowest BCUT2D eigenvalue weighted by molar-refractivity contribution is -0.0186. The average Bonchev–Trinajstić information content (AvgIpc) is 3.24. The summed E-state index contributed by atoms with van der Waals surface area (Å²) in [5.41, 5.74) is -0.146. The summed E-state index contributed by atoms with van der Waals surface area (Å²) in [7, 11) is 1.35. The van der Waals surface area contributed by atoms with Crippen LogP contribution in [0.1, 0.15) is 27.2 Å². The fraction of sp³-hybridized carbons (Fsp3) is 0.471. The summed E-state index contributed by atoms with van der Waals surface area (Å²) in [5.74, 6) is 0. The Bertz CT molecular complexity index is 1110. The molecule has 1 aliphatic rings. The molecule has 1 atom stereocenters. The zero-order valence-electron chi connectivity index (χ0n) is 16.0. The first-order chi connectivity index (χ1) is 13.1. The van der Waals surface area contributed by atoms with E-state index in [4.69, 9.17) is 20.9 Å². The van der Waals surface area contributed by atoms with E-state index in [9.17, 15) is 4.79 Å². The van der Waals surface area contributed by atoms with Gasteiger partial charge >= 0.3 is 7.12 Å². The minimum Gasteiger partial charge on any atom is -0.399 e. The summed E-state index contributed by atoms with van der Waals surface area (Å²) in [6, 6.07) is 0. The molecule has 8 nitrogen and oxygen atoms in total. The van der Waals surface area contributed by atoms with Gasteiger partial charge in [-0.25, -0.2) is 4.52 Å². The van der Waals surface area contributed by atoms with Crippen molar-refractivity contribution in [1.82, 2.24) is 24.0 Å². The van der Waals surface area contributed by atoms with Gasteiger partial charge in [0.25, 0.3) is 5.56 Å². The molecule has 4 heterocycles. The fourth-order valence-electron chi connectivity index (χ4n) is 3.38. The highest BCUT2D eigenvalue weighted by molar-refractivity contribution is 9.10. The molecule has 28 heavy (non-hydrogen) atoms. The topological polar surface area (TPSA) is 75.6 Å². The van der Waals surface area contributed by atoms with Crippen molar-refractivity contribution in [3.63, 3.8) is 0 Å². The maximum Gasteiger partial charge on any atom is 0.498 e. The molecule has 1 saturated heterocycles. The maximum absolute atomic E-state index is 12.8. The summed E-state index contributed by atoms with van der Waals surface area (Å²) in [6.07, 6.45) is 7.36. The van der Waals surface area contributed by atoms with E-state index in [1.54, 1.807) is 21.6 Å². The normalized spacial score (nSPS) is 21.7. The molecule has 0 amide bonds. The van der Waals surface area contributed by atoms with E-state index in [0.717, 1.165) is 5.46 Å². The van der Waals surface area contributed by atoms with Gasteiger partial charge < -0.3 is 9.31 Å². The third-order valence-electron chi connectivity index (χ3n) is 5.53. The first-order valence-corrected chi connectivity index (χ1v) is 10.0. The molecule has 4 rings (SSSR count). The predicted octanol–water partition coefficient (Wildman–Crippen LogP) is 2.01. The van der Waals surface area contributed by atoms with Gasteiger partial charge in [0.15, 0.2) is 0 Å². The van der Waals surface area contributed by atoms with Crippen molar-refractivity contribution in [3.8, 4) is 0 Å². The van der Waals surface area contributed by atoms with E-state index in [1.807, 2.05) is 34.0 Å². The maximum atomic E-state index is 12.8. The molecule has 11 heteroatoms. The van der Waals surface area contributed by atoms with E-state index in [2.05, 4.69) is 26.1 Å². The first-order valence-electron chi connectivity index (χ1n) is 8.87. The van der Waals surface area contributed by atoms with E-state index in [-0.39, 0.29) is 5.56 Å². The van der Waals surface area contributed by atoms with Crippen LogP contribution in [0.25, 0.3) is 5.52 Å². The van der Waals surface area contributed by atoms with Crippen LogP contribution in [0.15, 0.2) is 34.2 Å². The van der Waals surface area contributed by atoms with Gasteiger partial charge in [0.05, 0.1) is 20.7 Å². The summed E-state index contributed by atoms with van der Waals surface area (Å²) in [6.45, 7) is 6.41. The number of aromatic nitrogens is 5. The molecular formula is C17H20BBrClN5O3. The van der Waals surface area contributed by atoms with Crippen LogP contribution in [0.3, 0.4) is 0 Å². The second-order valence-electron chi connectivity index (χ2n) is 7.72. The highest BCUT2D eigenvalue weighted by atomic mass is 79.9. The Labute approximate surface area is 175 Å². The Morgan fingerprint density at radius 3 is 2.68 bits per heavy atom. The quantitative estimate of drug-likeness (QED) is 0.548. The number of aryl methyl sites for hydroxylation is 2. The van der Waals surface area contributed by atoms with Crippen molar-refractivity contribution in [2.45, 2.75) is 44.9 Å². The van der Waals surface area contributed by atoms with Crippen LogP contribution in [-0.4, -0.2) is 42.3 Å². The zero-order valence-corrected chi connectivity index (χ0v) is 18.4. The monoisotopic (exact) mass is 467 g/mol. The summed E-state index contributed by atoms with van der Waals surface area (Å²) in [5, 5.41) is 8.82. The number of hydrogen-bond acceptors (Lipinski definition) is 5. The summed E-state index contributed by atoms with van der Waals surface area (Å²) in [4.78, 5) is 12.8. The minimum absolute atomic E-state index is 0.199. The van der Waals surface area contributed by atoms with Gasteiger partial charge in [0.2, 0.25) is 0 Å². The molecule has 3 aromatic heterocycles. The van der Waals surface area contributed by atoms with Crippen LogP contribution in [0.4, 0.5) is 0 Å². The molecule has 1 unspecified atom stereocenters. The third-order valence-corrected chi connectivity index (χ3v) is 6.74. The summed E-state index contributed by atoms with van der Waals surface area (Å²) < 4.78 is 17.8. The van der Waals surface area contributed by atoms with E-state index in [1.165, 1.54) is 10.8 Å². The van der Waals surface area contributed by atoms with Crippen molar-refractivity contribution in [2.24, 2.45) is 7.05 Å². The van der Waals surface area contributed by atoms with Crippen LogP contribution < -0.4 is 11.0 Å².